The molecule has 0 aliphatic rings. The number of benzene rings is 4. The first kappa shape index (κ1) is 27.9. The molecule has 0 aliphatic heterocycles. The first-order valence-corrected chi connectivity index (χ1v) is 13.3. The number of rotatable bonds is 7. The topological polar surface area (TPSA) is 77.8 Å². The predicted molar refractivity (Wildman–Crippen MR) is 159 cm³/mol. The van der Waals surface area contributed by atoms with Crippen LogP contribution in [0.1, 0.15) is 20.7 Å². The number of hydrogen-bond acceptors (Lipinski definition) is 5. The Bertz CT molecular complexity index is 1810. The molecule has 0 unspecified atom stereocenters. The van der Waals surface area contributed by atoms with Crippen LogP contribution in [0.3, 0.4) is 0 Å². The molecule has 1 aromatic heterocycles. The standard InChI is InChI=1S/C30H19Cl4NO5/c1-39-18-7-5-17(6-8-18)35-23-11-12-24(40-2)26(30(38)28(36)16-4-10-20(32)22(34)14-16)25(23)29(37)27(35)15-3-9-19(31)21(33)13-15/h3-14,37H,1-2H3. The third-order valence-electron chi connectivity index (χ3n) is 6.43. The summed E-state index contributed by atoms with van der Waals surface area (Å²) < 4.78 is 12.5. The molecule has 0 fully saturated rings. The van der Waals surface area contributed by atoms with Gasteiger partial charge in [-0.2, -0.15) is 0 Å². The first-order chi connectivity index (χ1) is 19.2. The van der Waals surface area contributed by atoms with Crippen molar-refractivity contribution in [3.05, 3.63) is 104 Å². The minimum absolute atomic E-state index is 0.0391. The van der Waals surface area contributed by atoms with Crippen LogP contribution in [0.5, 0.6) is 17.2 Å². The highest BCUT2D eigenvalue weighted by Crippen LogP contribution is 2.46. The van der Waals surface area contributed by atoms with Gasteiger partial charge in [0.05, 0.1) is 56.5 Å². The van der Waals surface area contributed by atoms with Gasteiger partial charge in [0.25, 0.3) is 0 Å². The Labute approximate surface area is 249 Å². The minimum Gasteiger partial charge on any atom is -0.505 e. The summed E-state index contributed by atoms with van der Waals surface area (Å²) in [5.74, 6) is -1.27. The van der Waals surface area contributed by atoms with E-state index >= 15 is 0 Å². The number of methoxy groups -OCH3 is 2. The van der Waals surface area contributed by atoms with Crippen molar-refractivity contribution < 1.29 is 24.2 Å². The third-order valence-corrected chi connectivity index (χ3v) is 7.91. The van der Waals surface area contributed by atoms with E-state index in [1.165, 1.54) is 25.3 Å². The molecule has 5 rings (SSSR count). The van der Waals surface area contributed by atoms with Crippen molar-refractivity contribution in [1.82, 2.24) is 4.57 Å². The number of fused-ring (bicyclic) bond motifs is 1. The lowest BCUT2D eigenvalue weighted by Crippen LogP contribution is -2.16. The zero-order valence-corrected chi connectivity index (χ0v) is 24.0. The maximum absolute atomic E-state index is 13.8. The van der Waals surface area contributed by atoms with Gasteiger partial charge < -0.3 is 19.1 Å². The Morgan fingerprint density at radius 2 is 1.38 bits per heavy atom. The van der Waals surface area contributed by atoms with Gasteiger partial charge in [0.2, 0.25) is 11.6 Å². The number of halogens is 4. The Morgan fingerprint density at radius 1 is 0.725 bits per heavy atom. The van der Waals surface area contributed by atoms with Crippen LogP contribution in [0, 0.1) is 0 Å². The second-order valence-electron chi connectivity index (χ2n) is 8.68. The zero-order valence-electron chi connectivity index (χ0n) is 21.0. The lowest BCUT2D eigenvalue weighted by molar-refractivity contribution is 0.0816. The molecule has 10 heteroatoms. The van der Waals surface area contributed by atoms with Gasteiger partial charge in [-0.3, -0.25) is 9.59 Å². The highest BCUT2D eigenvalue weighted by molar-refractivity contribution is 6.52. The van der Waals surface area contributed by atoms with Crippen LogP contribution in [0.15, 0.2) is 72.8 Å². The number of ether oxygens (including phenoxy) is 2. The minimum atomic E-state index is -0.899. The van der Waals surface area contributed by atoms with Crippen LogP contribution < -0.4 is 9.47 Å². The molecule has 0 amide bonds. The summed E-state index contributed by atoms with van der Waals surface area (Å²) in [4.78, 5) is 27.2. The molecule has 202 valence electrons. The summed E-state index contributed by atoms with van der Waals surface area (Å²) in [5.41, 5.74) is 1.86. The number of aromatic hydroxyl groups is 1. The molecule has 1 N–H and O–H groups in total. The fraction of sp³-hybridized carbons (Fsp3) is 0.0667. The van der Waals surface area contributed by atoms with Crippen molar-refractivity contribution in [2.45, 2.75) is 0 Å². The summed E-state index contributed by atoms with van der Waals surface area (Å²) in [6, 6.07) is 19.5. The molecule has 4 aromatic carbocycles. The van der Waals surface area contributed by atoms with Gasteiger partial charge in [0.1, 0.15) is 17.2 Å². The van der Waals surface area contributed by atoms with Gasteiger partial charge in [-0.15, -0.1) is 0 Å². The van der Waals surface area contributed by atoms with Gasteiger partial charge in [-0.05, 0) is 66.7 Å². The highest BCUT2D eigenvalue weighted by Gasteiger charge is 2.31. The SMILES string of the molecule is COc1ccc(-n2c(-c3ccc(Cl)c(Cl)c3)c(O)c3c(C(=O)C(=O)c4ccc(Cl)c(Cl)c4)c(OC)ccc32)cc1. The molecule has 6 nitrogen and oxygen atoms in total. The summed E-state index contributed by atoms with van der Waals surface area (Å²) >= 11 is 24.6. The molecular formula is C30H19Cl4NO5. The van der Waals surface area contributed by atoms with Crippen molar-refractivity contribution in [3.63, 3.8) is 0 Å². The molecule has 0 spiro atoms. The Balaban J connectivity index is 1.83. The number of carbonyl (C=O) groups is 2. The van der Waals surface area contributed by atoms with E-state index in [9.17, 15) is 14.7 Å². The fourth-order valence-electron chi connectivity index (χ4n) is 4.53. The van der Waals surface area contributed by atoms with Crippen molar-refractivity contribution in [3.8, 4) is 34.2 Å². The van der Waals surface area contributed by atoms with Crippen LogP contribution >= 0.6 is 46.4 Å². The van der Waals surface area contributed by atoms with Crippen LogP contribution in [-0.4, -0.2) is 35.5 Å². The first-order valence-electron chi connectivity index (χ1n) is 11.7. The molecule has 5 aromatic rings. The predicted octanol–water partition coefficient (Wildman–Crippen LogP) is 8.70. The van der Waals surface area contributed by atoms with Gasteiger partial charge in [-0.1, -0.05) is 52.5 Å². The molecule has 40 heavy (non-hydrogen) atoms. The van der Waals surface area contributed by atoms with Crippen LogP contribution in [-0.2, 0) is 0 Å². The summed E-state index contributed by atoms with van der Waals surface area (Å²) in [7, 11) is 2.93. The Morgan fingerprint density at radius 3 is 1.98 bits per heavy atom. The van der Waals surface area contributed by atoms with Crippen LogP contribution in [0.25, 0.3) is 27.8 Å². The van der Waals surface area contributed by atoms with E-state index in [1.807, 2.05) is 0 Å². The third kappa shape index (κ3) is 4.78. The monoisotopic (exact) mass is 613 g/mol. The van der Waals surface area contributed by atoms with Gasteiger partial charge in [-0.25, -0.2) is 0 Å². The van der Waals surface area contributed by atoms with E-state index in [-0.39, 0.29) is 43.1 Å². The molecule has 0 bridgehead atoms. The van der Waals surface area contributed by atoms with E-state index in [1.54, 1.807) is 66.3 Å². The largest absolute Gasteiger partial charge is 0.505 e. The number of nitrogens with zero attached hydrogens (tertiary/aromatic N) is 1. The zero-order chi connectivity index (χ0) is 28.7. The van der Waals surface area contributed by atoms with Crippen LogP contribution in [0.4, 0.5) is 0 Å². The number of ketones is 2. The second-order valence-corrected chi connectivity index (χ2v) is 10.3. The van der Waals surface area contributed by atoms with Crippen molar-refractivity contribution in [2.75, 3.05) is 14.2 Å². The average Bonchev–Trinajstić information content (AvgIpc) is 3.26. The highest BCUT2D eigenvalue weighted by atomic mass is 35.5. The van der Waals surface area contributed by atoms with E-state index in [2.05, 4.69) is 0 Å². The van der Waals surface area contributed by atoms with E-state index in [0.717, 1.165) is 0 Å². The van der Waals surface area contributed by atoms with Crippen molar-refractivity contribution in [1.29, 1.82) is 0 Å². The lowest BCUT2D eigenvalue weighted by Gasteiger charge is -2.13. The summed E-state index contributed by atoms with van der Waals surface area (Å²) in [5, 5.41) is 12.8. The molecule has 0 radical (unpaired) electrons. The molecule has 0 saturated carbocycles. The van der Waals surface area contributed by atoms with Gasteiger partial charge >= 0.3 is 0 Å². The van der Waals surface area contributed by atoms with Crippen molar-refractivity contribution in [2.24, 2.45) is 0 Å². The Hall–Kier alpha value is -3.68. The number of carbonyl (C=O) groups excluding carboxylic acids is 2. The molecular weight excluding hydrogens is 596 g/mol. The maximum atomic E-state index is 13.8. The molecule has 1 heterocycles. The van der Waals surface area contributed by atoms with Crippen LogP contribution in [0.2, 0.25) is 20.1 Å². The lowest BCUT2D eigenvalue weighted by atomic mass is 9.97. The fourth-order valence-corrected chi connectivity index (χ4v) is 5.13. The number of hydrogen-bond donors (Lipinski definition) is 1. The van der Waals surface area contributed by atoms with Crippen molar-refractivity contribution >= 4 is 68.9 Å². The summed E-state index contributed by atoms with van der Waals surface area (Å²) in [6.07, 6.45) is 0. The molecule has 0 aliphatic carbocycles. The Kier molecular flexibility index (Phi) is 7.71. The maximum Gasteiger partial charge on any atom is 0.238 e. The average molecular weight is 615 g/mol. The van der Waals surface area contributed by atoms with Gasteiger partial charge in [0, 0.05) is 16.8 Å². The number of aromatic nitrogens is 1. The smallest absolute Gasteiger partial charge is 0.238 e. The normalized spacial score (nSPS) is 11.1. The summed E-state index contributed by atoms with van der Waals surface area (Å²) in [6.45, 7) is 0. The van der Waals surface area contributed by atoms with E-state index < -0.39 is 11.6 Å². The quantitative estimate of drug-likeness (QED) is 0.146. The van der Waals surface area contributed by atoms with E-state index in [0.29, 0.717) is 33.2 Å². The van der Waals surface area contributed by atoms with Gasteiger partial charge in [0.15, 0.2) is 0 Å². The molecule has 0 atom stereocenters. The number of Topliss-reactive ketones (excluding diaryl/α,β-unsaturated/α-hetero) is 2. The van der Waals surface area contributed by atoms with E-state index in [4.69, 9.17) is 55.9 Å². The molecule has 0 saturated heterocycles. The second kappa shape index (κ2) is 11.1.